The molecule has 1 unspecified atom stereocenters. The van der Waals surface area contributed by atoms with E-state index in [0.717, 1.165) is 12.1 Å². The highest BCUT2D eigenvalue weighted by molar-refractivity contribution is 7.89. The summed E-state index contributed by atoms with van der Waals surface area (Å²) in [6, 6.07) is 1.73. The summed E-state index contributed by atoms with van der Waals surface area (Å²) in [6.45, 7) is -0.682. The maximum absolute atomic E-state index is 12.0. The van der Waals surface area contributed by atoms with E-state index in [4.69, 9.17) is 39.1 Å². The van der Waals surface area contributed by atoms with Gasteiger partial charge in [-0.2, -0.15) is 0 Å². The molecule has 1 aromatic rings. The molecule has 0 radical (unpaired) electrons. The molecule has 5 N–H and O–H groups in total. The van der Waals surface area contributed by atoms with Crippen molar-refractivity contribution in [2.45, 2.75) is 11.0 Å². The standard InChI is InChI=1S/C10H10Cl2N2O6S/c11-5-2-6(12)8(1-4(5)10(17)18)21(19,20)14-3-7(15)9(13)16/h1-2,7,14-15H,3H2,(H2,13,16)(H,17,18). The maximum atomic E-state index is 12.0. The molecule has 0 saturated carbocycles. The zero-order valence-electron chi connectivity index (χ0n) is 10.2. The minimum Gasteiger partial charge on any atom is -0.478 e. The maximum Gasteiger partial charge on any atom is 0.337 e. The Morgan fingerprint density at radius 2 is 1.86 bits per heavy atom. The highest BCUT2D eigenvalue weighted by atomic mass is 35.5. The molecule has 1 atom stereocenters. The Balaban J connectivity index is 3.17. The number of carboxylic acids is 1. The Labute approximate surface area is 129 Å². The zero-order chi connectivity index (χ0) is 16.4. The number of rotatable bonds is 6. The summed E-state index contributed by atoms with van der Waals surface area (Å²) in [5, 5.41) is 17.5. The molecule has 1 aromatic carbocycles. The molecule has 0 aliphatic carbocycles. The van der Waals surface area contributed by atoms with Crippen molar-refractivity contribution in [1.82, 2.24) is 4.72 Å². The van der Waals surface area contributed by atoms with Gasteiger partial charge in [-0.3, -0.25) is 4.79 Å². The van der Waals surface area contributed by atoms with Crippen LogP contribution >= 0.6 is 23.2 Å². The highest BCUT2D eigenvalue weighted by Gasteiger charge is 2.24. The third-order valence-electron chi connectivity index (χ3n) is 2.34. The normalized spacial score (nSPS) is 12.9. The first-order valence-corrected chi connectivity index (χ1v) is 7.49. The van der Waals surface area contributed by atoms with E-state index in [2.05, 4.69) is 0 Å². The number of nitrogens with two attached hydrogens (primary N) is 1. The predicted molar refractivity (Wildman–Crippen MR) is 73.8 cm³/mol. The molecule has 0 aromatic heterocycles. The van der Waals surface area contributed by atoms with Gasteiger partial charge in [0.05, 0.1) is 15.6 Å². The number of benzene rings is 1. The predicted octanol–water partition coefficient (Wildman–Crippen LogP) is -0.184. The summed E-state index contributed by atoms with van der Waals surface area (Å²) in [6.07, 6.45) is -1.73. The van der Waals surface area contributed by atoms with Crippen LogP contribution in [0.4, 0.5) is 0 Å². The smallest absolute Gasteiger partial charge is 0.337 e. The molecule has 21 heavy (non-hydrogen) atoms. The molecule has 0 aliphatic heterocycles. The number of carbonyl (C=O) groups excluding carboxylic acids is 1. The van der Waals surface area contributed by atoms with Crippen LogP contribution < -0.4 is 10.5 Å². The number of aromatic carboxylic acids is 1. The molecule has 1 rings (SSSR count). The number of carbonyl (C=O) groups is 2. The topological polar surface area (TPSA) is 147 Å². The van der Waals surface area contributed by atoms with Crippen LogP contribution in [-0.2, 0) is 14.8 Å². The number of carboxylic acid groups (broad SMARTS) is 1. The molecule has 1 amide bonds. The number of primary amides is 1. The van der Waals surface area contributed by atoms with Crippen LogP contribution in [0.5, 0.6) is 0 Å². The molecule has 0 aliphatic rings. The Bertz CT molecular complexity index is 691. The SMILES string of the molecule is NC(=O)C(O)CNS(=O)(=O)c1cc(C(=O)O)c(Cl)cc1Cl. The van der Waals surface area contributed by atoms with Crippen molar-refractivity contribution in [2.24, 2.45) is 5.73 Å². The van der Waals surface area contributed by atoms with E-state index in [1.54, 1.807) is 0 Å². The van der Waals surface area contributed by atoms with E-state index in [9.17, 15) is 18.0 Å². The number of aliphatic hydroxyl groups is 1. The van der Waals surface area contributed by atoms with Crippen LogP contribution in [0.15, 0.2) is 17.0 Å². The third-order valence-corrected chi connectivity index (χ3v) is 4.54. The minimum absolute atomic E-state index is 0.233. The van der Waals surface area contributed by atoms with Crippen LogP contribution in [0.3, 0.4) is 0 Å². The molecule has 11 heteroatoms. The first kappa shape index (κ1) is 17.7. The molecule has 0 heterocycles. The largest absolute Gasteiger partial charge is 0.478 e. The van der Waals surface area contributed by atoms with E-state index >= 15 is 0 Å². The fraction of sp³-hybridized carbons (Fsp3) is 0.200. The van der Waals surface area contributed by atoms with E-state index in [0.29, 0.717) is 0 Å². The number of hydrogen-bond donors (Lipinski definition) is 4. The van der Waals surface area contributed by atoms with Gasteiger partial charge >= 0.3 is 5.97 Å². The molecular formula is C10H10Cl2N2O6S. The molecule has 8 nitrogen and oxygen atoms in total. The van der Waals surface area contributed by atoms with Gasteiger partial charge in [-0.1, -0.05) is 23.2 Å². The average molecular weight is 357 g/mol. The van der Waals surface area contributed by atoms with Crippen molar-refractivity contribution in [2.75, 3.05) is 6.54 Å². The molecule has 0 spiro atoms. The lowest BCUT2D eigenvalue weighted by atomic mass is 10.2. The van der Waals surface area contributed by atoms with E-state index < -0.39 is 45.0 Å². The monoisotopic (exact) mass is 356 g/mol. The first-order valence-electron chi connectivity index (χ1n) is 5.25. The second-order valence-corrected chi connectivity index (χ2v) is 6.39. The fourth-order valence-electron chi connectivity index (χ4n) is 1.27. The lowest BCUT2D eigenvalue weighted by Gasteiger charge is -2.11. The van der Waals surface area contributed by atoms with Crippen LogP contribution in [0.2, 0.25) is 10.0 Å². The Morgan fingerprint density at radius 1 is 1.29 bits per heavy atom. The van der Waals surface area contributed by atoms with Gasteiger partial charge in [-0.05, 0) is 12.1 Å². The van der Waals surface area contributed by atoms with Gasteiger partial charge in [-0.25, -0.2) is 17.9 Å². The van der Waals surface area contributed by atoms with Gasteiger partial charge < -0.3 is 15.9 Å². The van der Waals surface area contributed by atoms with Crippen molar-refractivity contribution in [3.63, 3.8) is 0 Å². The van der Waals surface area contributed by atoms with Crippen molar-refractivity contribution in [3.8, 4) is 0 Å². The van der Waals surface area contributed by atoms with Gasteiger partial charge in [0, 0.05) is 6.54 Å². The zero-order valence-corrected chi connectivity index (χ0v) is 12.5. The van der Waals surface area contributed by atoms with Gasteiger partial charge in [0.2, 0.25) is 15.9 Å². The summed E-state index contributed by atoms with van der Waals surface area (Å²) >= 11 is 11.4. The summed E-state index contributed by atoms with van der Waals surface area (Å²) in [5.74, 6) is -2.56. The van der Waals surface area contributed by atoms with Gasteiger partial charge in [0.25, 0.3) is 0 Å². The number of aliphatic hydroxyl groups excluding tert-OH is 1. The molecular weight excluding hydrogens is 347 g/mol. The molecule has 0 bridgehead atoms. The number of nitrogens with one attached hydrogen (secondary N) is 1. The van der Waals surface area contributed by atoms with Crippen molar-refractivity contribution >= 4 is 45.1 Å². The second kappa shape index (κ2) is 6.58. The fourth-order valence-corrected chi connectivity index (χ4v) is 3.16. The number of sulfonamides is 1. The Hall–Kier alpha value is -1.39. The van der Waals surface area contributed by atoms with Crippen molar-refractivity contribution in [1.29, 1.82) is 0 Å². The minimum atomic E-state index is -4.26. The van der Waals surface area contributed by atoms with Crippen LogP contribution in [-0.4, -0.2) is 43.2 Å². The van der Waals surface area contributed by atoms with Crippen molar-refractivity contribution < 1.29 is 28.2 Å². The molecule has 0 saturated heterocycles. The number of hydrogen-bond acceptors (Lipinski definition) is 5. The van der Waals surface area contributed by atoms with E-state index in [-0.39, 0.29) is 10.0 Å². The van der Waals surface area contributed by atoms with E-state index in [1.807, 2.05) is 4.72 Å². The lowest BCUT2D eigenvalue weighted by molar-refractivity contribution is -0.125. The highest BCUT2D eigenvalue weighted by Crippen LogP contribution is 2.28. The summed E-state index contributed by atoms with van der Waals surface area (Å²) in [7, 11) is -4.26. The summed E-state index contributed by atoms with van der Waals surface area (Å²) in [4.78, 5) is 21.0. The average Bonchev–Trinajstić information content (AvgIpc) is 2.34. The first-order chi connectivity index (χ1) is 9.56. The quantitative estimate of drug-likeness (QED) is 0.555. The van der Waals surface area contributed by atoms with Crippen LogP contribution in [0.25, 0.3) is 0 Å². The molecule has 0 fully saturated rings. The Morgan fingerprint density at radius 3 is 2.33 bits per heavy atom. The van der Waals surface area contributed by atoms with Gasteiger partial charge in [-0.15, -0.1) is 0 Å². The van der Waals surface area contributed by atoms with Crippen molar-refractivity contribution in [3.05, 3.63) is 27.7 Å². The van der Waals surface area contributed by atoms with Gasteiger partial charge in [0.1, 0.15) is 11.0 Å². The second-order valence-electron chi connectivity index (χ2n) is 3.84. The molecule has 116 valence electrons. The third kappa shape index (κ3) is 4.29. The number of halogens is 2. The lowest BCUT2D eigenvalue weighted by Crippen LogP contribution is -2.40. The van der Waals surface area contributed by atoms with E-state index in [1.165, 1.54) is 0 Å². The van der Waals surface area contributed by atoms with Gasteiger partial charge in [0.15, 0.2) is 0 Å². The van der Waals surface area contributed by atoms with Crippen LogP contribution in [0.1, 0.15) is 10.4 Å². The summed E-state index contributed by atoms with van der Waals surface area (Å²) in [5.41, 5.74) is 4.31. The Kier molecular flexibility index (Phi) is 5.54. The summed E-state index contributed by atoms with van der Waals surface area (Å²) < 4.78 is 25.8. The number of amides is 1. The van der Waals surface area contributed by atoms with Crippen LogP contribution in [0, 0.1) is 0 Å².